The highest BCUT2D eigenvalue weighted by atomic mass is 79.9. The second-order valence-electron chi connectivity index (χ2n) is 10.0. The van der Waals surface area contributed by atoms with Gasteiger partial charge in [-0.1, -0.05) is 110 Å². The average Bonchev–Trinajstić information content (AvgIpc) is 2.98. The SMILES string of the molecule is N#CC1(c2ccccc2)CCN(C(=O)CC(c2ccc(Cl)cc2)(c2ccc(Br)cc2)c2ccc(Br)cc2)CC1. The van der Waals surface area contributed by atoms with Gasteiger partial charge in [0, 0.05) is 33.5 Å². The van der Waals surface area contributed by atoms with E-state index in [0.29, 0.717) is 31.0 Å². The molecule has 1 saturated heterocycles. The maximum atomic E-state index is 14.2. The first-order valence-corrected chi connectivity index (χ1v) is 14.9. The quantitative estimate of drug-likeness (QED) is 0.194. The first-order chi connectivity index (χ1) is 18.9. The van der Waals surface area contributed by atoms with Crippen molar-refractivity contribution in [2.24, 2.45) is 0 Å². The van der Waals surface area contributed by atoms with E-state index in [0.717, 1.165) is 31.2 Å². The van der Waals surface area contributed by atoms with Crippen LogP contribution in [-0.2, 0) is 15.6 Å². The summed E-state index contributed by atoms with van der Waals surface area (Å²) in [4.78, 5) is 16.1. The van der Waals surface area contributed by atoms with Crippen molar-refractivity contribution < 1.29 is 4.79 Å². The first kappa shape index (κ1) is 27.6. The lowest BCUT2D eigenvalue weighted by Crippen LogP contribution is -2.47. The van der Waals surface area contributed by atoms with Gasteiger partial charge < -0.3 is 4.90 Å². The van der Waals surface area contributed by atoms with Crippen molar-refractivity contribution in [3.05, 3.63) is 139 Å². The molecule has 39 heavy (non-hydrogen) atoms. The van der Waals surface area contributed by atoms with Crippen molar-refractivity contribution in [3.63, 3.8) is 0 Å². The molecule has 0 saturated carbocycles. The van der Waals surface area contributed by atoms with Crippen LogP contribution in [0, 0.1) is 11.3 Å². The third kappa shape index (κ3) is 5.57. The molecule has 0 bridgehead atoms. The highest BCUT2D eigenvalue weighted by Crippen LogP contribution is 2.44. The second-order valence-corrected chi connectivity index (χ2v) is 12.3. The number of amides is 1. The van der Waals surface area contributed by atoms with E-state index >= 15 is 0 Å². The van der Waals surface area contributed by atoms with Gasteiger partial charge in [-0.2, -0.15) is 5.26 Å². The van der Waals surface area contributed by atoms with Gasteiger partial charge in [-0.05, 0) is 71.5 Å². The van der Waals surface area contributed by atoms with Crippen LogP contribution >= 0.6 is 43.5 Å². The Labute approximate surface area is 251 Å². The Kier molecular flexibility index (Phi) is 8.28. The molecule has 0 aliphatic carbocycles. The lowest BCUT2D eigenvalue weighted by molar-refractivity contribution is -0.133. The predicted octanol–water partition coefficient (Wildman–Crippen LogP) is 8.67. The van der Waals surface area contributed by atoms with Crippen LogP contribution in [0.1, 0.15) is 41.5 Å². The van der Waals surface area contributed by atoms with Crippen molar-refractivity contribution in [1.29, 1.82) is 5.26 Å². The fourth-order valence-corrected chi connectivity index (χ4v) is 6.36. The monoisotopic (exact) mass is 660 g/mol. The number of piperidine rings is 1. The molecule has 1 aliphatic heterocycles. The lowest BCUT2D eigenvalue weighted by atomic mass is 9.67. The van der Waals surface area contributed by atoms with Crippen LogP contribution in [-0.4, -0.2) is 23.9 Å². The van der Waals surface area contributed by atoms with Crippen molar-refractivity contribution in [2.45, 2.75) is 30.1 Å². The van der Waals surface area contributed by atoms with Crippen LogP contribution in [0.3, 0.4) is 0 Å². The van der Waals surface area contributed by atoms with Crippen LogP contribution < -0.4 is 0 Å². The molecule has 4 aromatic rings. The molecule has 0 unspecified atom stereocenters. The minimum absolute atomic E-state index is 0.0652. The Hall–Kier alpha value is -2.91. The van der Waals surface area contributed by atoms with Crippen LogP contribution in [0.25, 0.3) is 0 Å². The van der Waals surface area contributed by atoms with Gasteiger partial charge >= 0.3 is 0 Å². The molecule has 0 atom stereocenters. The number of hydrogen-bond acceptors (Lipinski definition) is 2. The fourth-order valence-electron chi connectivity index (χ4n) is 5.71. The molecule has 3 nitrogen and oxygen atoms in total. The number of carbonyl (C=O) groups excluding carboxylic acids is 1. The molecule has 0 aromatic heterocycles. The van der Waals surface area contributed by atoms with E-state index in [1.54, 1.807) is 0 Å². The molecule has 1 amide bonds. The molecule has 0 spiro atoms. The van der Waals surface area contributed by atoms with Gasteiger partial charge in [0.15, 0.2) is 0 Å². The van der Waals surface area contributed by atoms with Gasteiger partial charge in [0.2, 0.25) is 5.91 Å². The van der Waals surface area contributed by atoms with Gasteiger partial charge in [0.05, 0.1) is 16.9 Å². The number of rotatable bonds is 6. The van der Waals surface area contributed by atoms with Crippen molar-refractivity contribution in [1.82, 2.24) is 4.90 Å². The largest absolute Gasteiger partial charge is 0.343 e. The predicted molar refractivity (Wildman–Crippen MR) is 164 cm³/mol. The zero-order valence-electron chi connectivity index (χ0n) is 21.3. The highest BCUT2D eigenvalue weighted by Gasteiger charge is 2.42. The molecule has 1 aliphatic rings. The molecule has 5 rings (SSSR count). The normalized spacial score (nSPS) is 15.0. The molecule has 1 heterocycles. The van der Waals surface area contributed by atoms with E-state index < -0.39 is 10.8 Å². The molecule has 6 heteroatoms. The highest BCUT2D eigenvalue weighted by molar-refractivity contribution is 9.10. The van der Waals surface area contributed by atoms with Gasteiger partial charge in [-0.25, -0.2) is 0 Å². The van der Waals surface area contributed by atoms with Crippen molar-refractivity contribution >= 4 is 49.4 Å². The number of hydrogen-bond donors (Lipinski definition) is 0. The van der Waals surface area contributed by atoms with Crippen molar-refractivity contribution in [2.75, 3.05) is 13.1 Å². The molecule has 0 N–H and O–H groups in total. The lowest BCUT2D eigenvalue weighted by Gasteiger charge is -2.41. The Balaban J connectivity index is 1.54. The summed E-state index contributed by atoms with van der Waals surface area (Å²) in [5.41, 5.74) is 2.78. The van der Waals surface area contributed by atoms with Gasteiger partial charge in [0.25, 0.3) is 0 Å². The first-order valence-electron chi connectivity index (χ1n) is 12.9. The number of carbonyl (C=O) groups is 1. The fraction of sp³-hybridized carbons (Fsp3) is 0.212. The molecule has 4 aromatic carbocycles. The van der Waals surface area contributed by atoms with Gasteiger partial charge in [-0.15, -0.1) is 0 Å². The Morgan fingerprint density at radius 1 is 0.795 bits per heavy atom. The zero-order chi connectivity index (χ0) is 27.5. The van der Waals surface area contributed by atoms with Crippen molar-refractivity contribution in [3.8, 4) is 6.07 Å². The summed E-state index contributed by atoms with van der Waals surface area (Å²) in [6.07, 6.45) is 1.48. The third-order valence-corrected chi connectivity index (χ3v) is 9.25. The number of benzene rings is 4. The van der Waals surface area contributed by atoms with Gasteiger partial charge in [0.1, 0.15) is 0 Å². The van der Waals surface area contributed by atoms with Crippen LogP contribution in [0.4, 0.5) is 0 Å². The minimum atomic E-state index is -0.730. The van der Waals surface area contributed by atoms with E-state index in [2.05, 4.69) is 62.2 Å². The summed E-state index contributed by atoms with van der Waals surface area (Å²) in [6, 6.07) is 36.8. The number of nitriles is 1. The Morgan fingerprint density at radius 2 is 1.26 bits per heavy atom. The van der Waals surface area contributed by atoms with E-state index in [4.69, 9.17) is 11.6 Å². The van der Waals surface area contributed by atoms with E-state index in [1.165, 1.54) is 0 Å². The number of nitrogens with zero attached hydrogens (tertiary/aromatic N) is 2. The van der Waals surface area contributed by atoms with Crippen LogP contribution in [0.5, 0.6) is 0 Å². The molecule has 1 fully saturated rings. The van der Waals surface area contributed by atoms with E-state index in [1.807, 2.05) is 83.8 Å². The van der Waals surface area contributed by atoms with Crippen LogP contribution in [0.15, 0.2) is 112 Å². The molecular formula is C33H27Br2ClN2O. The minimum Gasteiger partial charge on any atom is -0.343 e. The maximum Gasteiger partial charge on any atom is 0.224 e. The second kappa shape index (κ2) is 11.7. The Bertz CT molecular complexity index is 1360. The average molecular weight is 663 g/mol. The number of likely N-dealkylation sites (tertiary alicyclic amines) is 1. The topological polar surface area (TPSA) is 44.1 Å². The standard InChI is InChI=1S/C33H27Br2ClN2O/c34-28-12-6-25(7-13-28)33(26-8-14-29(35)15-9-26,27-10-16-30(36)17-11-27)22-31(39)38-20-18-32(23-37,19-21-38)24-4-2-1-3-5-24/h1-17H,18-22H2. The summed E-state index contributed by atoms with van der Waals surface area (Å²) in [6.45, 7) is 1.08. The Morgan fingerprint density at radius 3 is 1.72 bits per heavy atom. The number of halogens is 3. The third-order valence-electron chi connectivity index (χ3n) is 7.94. The molecular weight excluding hydrogens is 636 g/mol. The maximum absolute atomic E-state index is 14.2. The summed E-state index contributed by atoms with van der Waals surface area (Å²) >= 11 is 13.4. The zero-order valence-corrected chi connectivity index (χ0v) is 25.2. The summed E-state index contributed by atoms with van der Waals surface area (Å²) in [7, 11) is 0. The molecule has 0 radical (unpaired) electrons. The summed E-state index contributed by atoms with van der Waals surface area (Å²) in [5.74, 6) is 0.0652. The smallest absolute Gasteiger partial charge is 0.224 e. The summed E-state index contributed by atoms with van der Waals surface area (Å²) < 4.78 is 1.95. The van der Waals surface area contributed by atoms with Crippen LogP contribution in [0.2, 0.25) is 5.02 Å². The summed E-state index contributed by atoms with van der Waals surface area (Å²) in [5, 5.41) is 10.8. The van der Waals surface area contributed by atoms with Gasteiger partial charge in [-0.3, -0.25) is 4.79 Å². The molecule has 196 valence electrons. The van der Waals surface area contributed by atoms with E-state index in [9.17, 15) is 10.1 Å². The van der Waals surface area contributed by atoms with E-state index in [-0.39, 0.29) is 12.3 Å².